The van der Waals surface area contributed by atoms with E-state index < -0.39 is 0 Å². The van der Waals surface area contributed by atoms with Crippen molar-refractivity contribution in [3.05, 3.63) is 65.7 Å². The number of rotatable bonds is 7. The van der Waals surface area contributed by atoms with E-state index in [0.29, 0.717) is 18.7 Å². The zero-order valence-electron chi connectivity index (χ0n) is 18.0. The molecule has 3 N–H and O–H groups in total. The number of hydrogen-bond donors (Lipinski definition) is 2. The van der Waals surface area contributed by atoms with Crippen molar-refractivity contribution in [3.8, 4) is 0 Å². The Balaban J connectivity index is 1.34. The number of likely N-dealkylation sites (tertiary alicyclic amines) is 1. The Morgan fingerprint density at radius 1 is 1.09 bits per heavy atom. The molecule has 32 heavy (non-hydrogen) atoms. The second kappa shape index (κ2) is 9.78. The van der Waals surface area contributed by atoms with Gasteiger partial charge in [-0.25, -0.2) is 0 Å². The second-order valence-corrected chi connectivity index (χ2v) is 8.29. The predicted molar refractivity (Wildman–Crippen MR) is 125 cm³/mol. The Bertz CT molecular complexity index is 1030. The van der Waals surface area contributed by atoms with E-state index in [1.807, 2.05) is 48.5 Å². The number of benzene rings is 2. The highest BCUT2D eigenvalue weighted by atomic mass is 16.2. The molecule has 3 amide bonds. The molecule has 2 aliphatic rings. The third-order valence-corrected chi connectivity index (χ3v) is 5.98. The number of anilines is 2. The summed E-state index contributed by atoms with van der Waals surface area (Å²) in [6, 6.07) is 15.0. The van der Waals surface area contributed by atoms with Crippen LogP contribution in [-0.4, -0.2) is 41.8 Å². The molecule has 2 aliphatic heterocycles. The summed E-state index contributed by atoms with van der Waals surface area (Å²) in [6.07, 6.45) is 6.50. The minimum Gasteiger partial charge on any atom is -0.368 e. The van der Waals surface area contributed by atoms with Crippen molar-refractivity contribution < 1.29 is 14.4 Å². The molecule has 2 aromatic carbocycles. The maximum atomic E-state index is 12.4. The summed E-state index contributed by atoms with van der Waals surface area (Å²) in [7, 11) is 0. The van der Waals surface area contributed by atoms with Gasteiger partial charge in [0.25, 0.3) is 0 Å². The number of nitrogens with one attached hydrogen (secondary N) is 1. The monoisotopic (exact) mass is 432 g/mol. The highest BCUT2D eigenvalue weighted by Gasteiger charge is 2.28. The van der Waals surface area contributed by atoms with Gasteiger partial charge in [0.05, 0.1) is 6.04 Å². The fraction of sp³-hybridized carbons (Fsp3) is 0.320. The van der Waals surface area contributed by atoms with Gasteiger partial charge in [-0.3, -0.25) is 19.3 Å². The van der Waals surface area contributed by atoms with Crippen LogP contribution in [0.3, 0.4) is 0 Å². The van der Waals surface area contributed by atoms with Gasteiger partial charge in [0.2, 0.25) is 17.7 Å². The minimum absolute atomic E-state index is 0.157. The van der Waals surface area contributed by atoms with Crippen molar-refractivity contribution in [1.29, 1.82) is 0 Å². The average molecular weight is 433 g/mol. The number of nitrogens with two attached hydrogens (primary N) is 1. The number of carbonyl (C=O) groups excluding carboxylic acids is 3. The zero-order valence-corrected chi connectivity index (χ0v) is 18.0. The summed E-state index contributed by atoms with van der Waals surface area (Å²) in [4.78, 5) is 39.7. The maximum absolute atomic E-state index is 12.4. The highest BCUT2D eigenvalue weighted by Crippen LogP contribution is 2.23. The molecule has 0 bridgehead atoms. The molecule has 2 aromatic rings. The molecule has 2 fully saturated rings. The lowest BCUT2D eigenvalue weighted by Gasteiger charge is -2.22. The second-order valence-electron chi connectivity index (χ2n) is 8.29. The summed E-state index contributed by atoms with van der Waals surface area (Å²) < 4.78 is 0. The van der Waals surface area contributed by atoms with Gasteiger partial charge in [0.15, 0.2) is 0 Å². The van der Waals surface area contributed by atoms with E-state index in [-0.39, 0.29) is 23.8 Å². The molecule has 2 saturated heterocycles. The van der Waals surface area contributed by atoms with E-state index in [1.165, 1.54) is 6.08 Å². The Morgan fingerprint density at radius 2 is 1.91 bits per heavy atom. The number of hydrogen-bond acceptors (Lipinski definition) is 4. The summed E-state index contributed by atoms with van der Waals surface area (Å²) in [5, 5.41) is 2.88. The van der Waals surface area contributed by atoms with E-state index in [2.05, 4.69) is 10.2 Å². The van der Waals surface area contributed by atoms with E-state index in [4.69, 9.17) is 5.73 Å². The Kier molecular flexibility index (Phi) is 6.66. The van der Waals surface area contributed by atoms with Gasteiger partial charge in [-0.15, -0.1) is 0 Å². The van der Waals surface area contributed by atoms with Crippen LogP contribution in [-0.2, 0) is 20.9 Å². The summed E-state index contributed by atoms with van der Waals surface area (Å²) in [6.45, 7) is 2.23. The predicted octanol–water partition coefficient (Wildman–Crippen LogP) is 2.92. The van der Waals surface area contributed by atoms with Gasteiger partial charge in [-0.2, -0.15) is 0 Å². The van der Waals surface area contributed by atoms with Crippen LogP contribution in [0.5, 0.6) is 0 Å². The topological polar surface area (TPSA) is 95.7 Å². The zero-order chi connectivity index (χ0) is 22.5. The fourth-order valence-corrected chi connectivity index (χ4v) is 4.36. The first-order valence-corrected chi connectivity index (χ1v) is 11.0. The molecule has 0 spiro atoms. The van der Waals surface area contributed by atoms with Crippen LogP contribution in [0.1, 0.15) is 36.8 Å². The SMILES string of the molecule is NC(=O)C1CCCN1Cc1cccc(NC(=O)/C=C/c2ccc(N3CCCC3=O)cc2)c1. The molecule has 166 valence electrons. The number of nitrogens with zero attached hydrogens (tertiary/aromatic N) is 2. The van der Waals surface area contributed by atoms with Crippen molar-refractivity contribution in [1.82, 2.24) is 4.90 Å². The lowest BCUT2D eigenvalue weighted by Crippen LogP contribution is -2.39. The first-order valence-electron chi connectivity index (χ1n) is 11.0. The lowest BCUT2D eigenvalue weighted by atomic mass is 10.1. The molecular weight excluding hydrogens is 404 g/mol. The maximum Gasteiger partial charge on any atom is 0.248 e. The van der Waals surface area contributed by atoms with Crippen LogP contribution in [0.4, 0.5) is 11.4 Å². The Hall–Kier alpha value is -3.45. The fourth-order valence-electron chi connectivity index (χ4n) is 4.36. The van der Waals surface area contributed by atoms with Crippen LogP contribution < -0.4 is 16.0 Å². The van der Waals surface area contributed by atoms with Crippen molar-refractivity contribution in [3.63, 3.8) is 0 Å². The van der Waals surface area contributed by atoms with Gasteiger partial charge in [-0.05, 0) is 67.3 Å². The van der Waals surface area contributed by atoms with Gasteiger partial charge >= 0.3 is 0 Å². The summed E-state index contributed by atoms with van der Waals surface area (Å²) in [5.74, 6) is -0.348. The third kappa shape index (κ3) is 5.23. The minimum atomic E-state index is -0.280. The molecule has 0 aliphatic carbocycles. The van der Waals surface area contributed by atoms with E-state index in [1.54, 1.807) is 11.0 Å². The number of primary amides is 1. The van der Waals surface area contributed by atoms with E-state index in [0.717, 1.165) is 49.2 Å². The molecule has 1 unspecified atom stereocenters. The molecule has 4 rings (SSSR count). The normalized spacial score (nSPS) is 19.1. The molecule has 0 saturated carbocycles. The van der Waals surface area contributed by atoms with Crippen molar-refractivity contribution in [2.75, 3.05) is 23.3 Å². The third-order valence-electron chi connectivity index (χ3n) is 5.98. The standard InChI is InChI=1S/C25H28N4O3/c26-25(32)22-6-2-14-28(22)17-19-4-1-5-20(16-19)27-23(30)13-10-18-8-11-21(12-9-18)29-15-3-7-24(29)31/h1,4-5,8-13,16,22H,2-3,6-7,14-15,17H2,(H2,26,32)(H,27,30)/b13-10+. The van der Waals surface area contributed by atoms with Gasteiger partial charge in [-0.1, -0.05) is 24.3 Å². The summed E-state index contributed by atoms with van der Waals surface area (Å²) in [5.41, 5.74) is 9.00. The molecular formula is C25H28N4O3. The molecule has 1 atom stereocenters. The van der Waals surface area contributed by atoms with E-state index >= 15 is 0 Å². The van der Waals surface area contributed by atoms with Crippen LogP contribution in [0.25, 0.3) is 6.08 Å². The average Bonchev–Trinajstić information content (AvgIpc) is 3.42. The Labute approximate surface area is 187 Å². The largest absolute Gasteiger partial charge is 0.368 e. The molecule has 7 nitrogen and oxygen atoms in total. The van der Waals surface area contributed by atoms with Crippen LogP contribution in [0.15, 0.2) is 54.6 Å². The van der Waals surface area contributed by atoms with E-state index in [9.17, 15) is 14.4 Å². The number of carbonyl (C=O) groups is 3. The first-order chi connectivity index (χ1) is 15.5. The molecule has 0 radical (unpaired) electrons. The first kappa shape index (κ1) is 21.8. The molecule has 0 aromatic heterocycles. The molecule has 7 heteroatoms. The summed E-state index contributed by atoms with van der Waals surface area (Å²) >= 11 is 0. The highest BCUT2D eigenvalue weighted by molar-refractivity contribution is 6.02. The molecule has 2 heterocycles. The quantitative estimate of drug-likeness (QED) is 0.658. The number of amides is 3. The van der Waals surface area contributed by atoms with Crippen LogP contribution in [0.2, 0.25) is 0 Å². The smallest absolute Gasteiger partial charge is 0.248 e. The van der Waals surface area contributed by atoms with Gasteiger partial charge in [0, 0.05) is 37.0 Å². The van der Waals surface area contributed by atoms with Gasteiger partial charge < -0.3 is 16.0 Å². The van der Waals surface area contributed by atoms with Crippen LogP contribution >= 0.6 is 0 Å². The van der Waals surface area contributed by atoms with Gasteiger partial charge in [0.1, 0.15) is 0 Å². The Morgan fingerprint density at radius 3 is 2.62 bits per heavy atom. The van der Waals surface area contributed by atoms with Crippen molar-refractivity contribution in [2.45, 2.75) is 38.3 Å². The lowest BCUT2D eigenvalue weighted by molar-refractivity contribution is -0.122. The van der Waals surface area contributed by atoms with Crippen LogP contribution in [0, 0.1) is 0 Å². The van der Waals surface area contributed by atoms with Crippen molar-refractivity contribution in [2.24, 2.45) is 5.73 Å². The van der Waals surface area contributed by atoms with Crippen molar-refractivity contribution >= 4 is 35.2 Å².